The SMILES string of the molecule is C#CCCN1CCN(c2cc(-n3cccn3)nc(N)n2)CC1. The van der Waals surface area contributed by atoms with Crippen molar-refractivity contribution >= 4 is 11.8 Å². The van der Waals surface area contributed by atoms with Crippen LogP contribution < -0.4 is 10.6 Å². The predicted molar refractivity (Wildman–Crippen MR) is 85.7 cm³/mol. The Morgan fingerprint density at radius 1 is 1.18 bits per heavy atom. The minimum atomic E-state index is 0.262. The molecule has 7 heteroatoms. The number of nitrogens with two attached hydrogens (primary N) is 1. The van der Waals surface area contributed by atoms with E-state index < -0.39 is 0 Å². The lowest BCUT2D eigenvalue weighted by Crippen LogP contribution is -2.47. The van der Waals surface area contributed by atoms with Crippen molar-refractivity contribution in [2.45, 2.75) is 6.42 Å². The highest BCUT2D eigenvalue weighted by atomic mass is 15.3. The number of nitrogen functional groups attached to an aromatic ring is 1. The zero-order valence-electron chi connectivity index (χ0n) is 12.4. The van der Waals surface area contributed by atoms with Gasteiger partial charge < -0.3 is 10.6 Å². The van der Waals surface area contributed by atoms with Crippen LogP contribution in [0.25, 0.3) is 5.82 Å². The largest absolute Gasteiger partial charge is 0.368 e. The number of nitrogens with zero attached hydrogens (tertiary/aromatic N) is 6. The number of hydrogen-bond acceptors (Lipinski definition) is 6. The Hall–Kier alpha value is -2.59. The molecule has 1 fully saturated rings. The molecular weight excluding hydrogens is 278 g/mol. The Kier molecular flexibility index (Phi) is 4.21. The summed E-state index contributed by atoms with van der Waals surface area (Å²) in [5, 5.41) is 4.18. The minimum absolute atomic E-state index is 0.262. The van der Waals surface area contributed by atoms with Gasteiger partial charge in [-0.05, 0) is 6.07 Å². The van der Waals surface area contributed by atoms with Crippen LogP contribution in [0.5, 0.6) is 0 Å². The number of hydrogen-bond donors (Lipinski definition) is 1. The summed E-state index contributed by atoms with van der Waals surface area (Å²) >= 11 is 0. The van der Waals surface area contributed by atoms with Gasteiger partial charge in [-0.1, -0.05) is 0 Å². The fourth-order valence-electron chi connectivity index (χ4n) is 2.55. The summed E-state index contributed by atoms with van der Waals surface area (Å²) in [6.07, 6.45) is 9.66. The van der Waals surface area contributed by atoms with Crippen molar-refractivity contribution in [1.82, 2.24) is 24.6 Å². The molecule has 1 aliphatic rings. The molecule has 114 valence electrons. The molecule has 3 heterocycles. The molecule has 2 aromatic rings. The third kappa shape index (κ3) is 3.18. The van der Waals surface area contributed by atoms with Gasteiger partial charge in [-0.3, -0.25) is 4.90 Å². The Morgan fingerprint density at radius 2 is 1.95 bits per heavy atom. The molecule has 0 radical (unpaired) electrons. The van der Waals surface area contributed by atoms with Gasteiger partial charge in [0.15, 0.2) is 5.82 Å². The highest BCUT2D eigenvalue weighted by molar-refractivity contribution is 5.48. The van der Waals surface area contributed by atoms with E-state index >= 15 is 0 Å². The first-order valence-corrected chi connectivity index (χ1v) is 7.31. The lowest BCUT2D eigenvalue weighted by Gasteiger charge is -2.35. The molecule has 0 aliphatic carbocycles. The van der Waals surface area contributed by atoms with Crippen LogP contribution in [0.4, 0.5) is 11.8 Å². The van der Waals surface area contributed by atoms with Crippen molar-refractivity contribution in [3.8, 4) is 18.2 Å². The maximum Gasteiger partial charge on any atom is 0.224 e. The molecule has 0 atom stereocenters. The molecule has 1 aliphatic heterocycles. The van der Waals surface area contributed by atoms with Gasteiger partial charge in [0.1, 0.15) is 5.82 Å². The van der Waals surface area contributed by atoms with Gasteiger partial charge in [0.25, 0.3) is 0 Å². The van der Waals surface area contributed by atoms with E-state index in [0.717, 1.165) is 45.0 Å². The third-order valence-electron chi connectivity index (χ3n) is 3.72. The number of anilines is 2. The lowest BCUT2D eigenvalue weighted by molar-refractivity contribution is 0.263. The maximum absolute atomic E-state index is 5.84. The molecule has 0 unspecified atom stereocenters. The summed E-state index contributed by atoms with van der Waals surface area (Å²) in [5.74, 6) is 4.47. The molecule has 3 rings (SSSR count). The zero-order chi connectivity index (χ0) is 15.4. The topological polar surface area (TPSA) is 76.1 Å². The van der Waals surface area contributed by atoms with Crippen LogP contribution >= 0.6 is 0 Å². The van der Waals surface area contributed by atoms with E-state index in [1.807, 2.05) is 18.3 Å². The molecule has 0 spiro atoms. The van der Waals surface area contributed by atoms with Gasteiger partial charge in [0.2, 0.25) is 5.95 Å². The summed E-state index contributed by atoms with van der Waals surface area (Å²) in [4.78, 5) is 13.2. The molecular formula is C15H19N7. The van der Waals surface area contributed by atoms with Gasteiger partial charge in [0, 0.05) is 57.6 Å². The maximum atomic E-state index is 5.84. The Labute approximate surface area is 129 Å². The average molecular weight is 297 g/mol. The smallest absolute Gasteiger partial charge is 0.224 e. The Balaban J connectivity index is 1.72. The Bertz CT molecular complexity index is 651. The fraction of sp³-hybridized carbons (Fsp3) is 0.400. The predicted octanol–water partition coefficient (Wildman–Crippen LogP) is 0.390. The fourth-order valence-corrected chi connectivity index (χ4v) is 2.55. The van der Waals surface area contributed by atoms with Crippen LogP contribution in [0.2, 0.25) is 0 Å². The Morgan fingerprint density at radius 3 is 2.64 bits per heavy atom. The van der Waals surface area contributed by atoms with Crippen molar-refractivity contribution in [2.75, 3.05) is 43.4 Å². The monoisotopic (exact) mass is 297 g/mol. The summed E-state index contributed by atoms with van der Waals surface area (Å²) in [6, 6.07) is 3.77. The quantitative estimate of drug-likeness (QED) is 0.823. The van der Waals surface area contributed by atoms with Crippen LogP contribution in [0.3, 0.4) is 0 Å². The van der Waals surface area contributed by atoms with Gasteiger partial charge in [-0.25, -0.2) is 4.68 Å². The van der Waals surface area contributed by atoms with E-state index in [2.05, 4.69) is 30.8 Å². The second-order valence-corrected chi connectivity index (χ2v) is 5.18. The first-order valence-electron chi connectivity index (χ1n) is 7.31. The van der Waals surface area contributed by atoms with E-state index in [9.17, 15) is 0 Å². The van der Waals surface area contributed by atoms with Gasteiger partial charge in [-0.15, -0.1) is 12.3 Å². The summed E-state index contributed by atoms with van der Waals surface area (Å²) in [5.41, 5.74) is 5.84. The van der Waals surface area contributed by atoms with Crippen molar-refractivity contribution in [3.63, 3.8) is 0 Å². The molecule has 2 N–H and O–H groups in total. The molecule has 0 bridgehead atoms. The van der Waals surface area contributed by atoms with E-state index in [4.69, 9.17) is 12.2 Å². The van der Waals surface area contributed by atoms with Crippen LogP contribution in [0, 0.1) is 12.3 Å². The second kappa shape index (κ2) is 6.45. The van der Waals surface area contributed by atoms with E-state index in [0.29, 0.717) is 5.82 Å². The van der Waals surface area contributed by atoms with Crippen molar-refractivity contribution in [1.29, 1.82) is 0 Å². The molecule has 2 aromatic heterocycles. The summed E-state index contributed by atoms with van der Waals surface area (Å²) in [7, 11) is 0. The molecule has 22 heavy (non-hydrogen) atoms. The highest BCUT2D eigenvalue weighted by Crippen LogP contribution is 2.18. The van der Waals surface area contributed by atoms with E-state index in [1.165, 1.54) is 0 Å². The number of piperazine rings is 1. The normalized spacial score (nSPS) is 15.7. The van der Waals surface area contributed by atoms with Gasteiger partial charge in [-0.2, -0.15) is 15.1 Å². The van der Waals surface area contributed by atoms with Gasteiger partial charge >= 0.3 is 0 Å². The molecule has 0 aromatic carbocycles. The van der Waals surface area contributed by atoms with Gasteiger partial charge in [0.05, 0.1) is 0 Å². The average Bonchev–Trinajstić information content (AvgIpc) is 3.07. The molecule has 0 saturated carbocycles. The first kappa shape index (κ1) is 14.4. The lowest BCUT2D eigenvalue weighted by atomic mass is 10.3. The first-order chi connectivity index (χ1) is 10.8. The summed E-state index contributed by atoms with van der Waals surface area (Å²) < 4.78 is 1.69. The minimum Gasteiger partial charge on any atom is -0.368 e. The highest BCUT2D eigenvalue weighted by Gasteiger charge is 2.18. The molecule has 7 nitrogen and oxygen atoms in total. The van der Waals surface area contributed by atoms with Crippen molar-refractivity contribution in [3.05, 3.63) is 24.5 Å². The number of aromatic nitrogens is 4. The second-order valence-electron chi connectivity index (χ2n) is 5.18. The molecule has 0 amide bonds. The van der Waals surface area contributed by atoms with Crippen LogP contribution in [-0.2, 0) is 0 Å². The van der Waals surface area contributed by atoms with E-state index in [1.54, 1.807) is 10.9 Å². The van der Waals surface area contributed by atoms with Crippen LogP contribution in [0.15, 0.2) is 24.5 Å². The summed E-state index contributed by atoms with van der Waals surface area (Å²) in [6.45, 7) is 4.71. The third-order valence-corrected chi connectivity index (χ3v) is 3.72. The van der Waals surface area contributed by atoms with Crippen molar-refractivity contribution in [2.24, 2.45) is 0 Å². The number of terminal acetylenes is 1. The zero-order valence-corrected chi connectivity index (χ0v) is 12.4. The number of rotatable bonds is 4. The van der Waals surface area contributed by atoms with E-state index in [-0.39, 0.29) is 5.95 Å². The van der Waals surface area contributed by atoms with Crippen molar-refractivity contribution < 1.29 is 0 Å². The van der Waals surface area contributed by atoms with Crippen LogP contribution in [-0.4, -0.2) is 57.4 Å². The molecule has 1 saturated heterocycles. The standard InChI is InChI=1S/C15H19N7/c1-2-3-6-20-8-10-21(11-9-20)13-12-14(19-15(16)18-13)22-7-4-5-17-22/h1,4-5,7,12H,3,6,8-11H2,(H2,16,18,19). The van der Waals surface area contributed by atoms with Crippen LogP contribution in [0.1, 0.15) is 6.42 Å².